The van der Waals surface area contributed by atoms with Gasteiger partial charge in [-0.15, -0.1) is 0 Å². The summed E-state index contributed by atoms with van der Waals surface area (Å²) in [6.45, 7) is 25.9. The molecular formula is C63H116N2O13S. The van der Waals surface area contributed by atoms with Crippen molar-refractivity contribution in [2.75, 3.05) is 79.1 Å². The summed E-state index contributed by atoms with van der Waals surface area (Å²) in [5, 5.41) is -0.163. The van der Waals surface area contributed by atoms with Crippen LogP contribution in [-0.2, 0) is 57.2 Å². The van der Waals surface area contributed by atoms with E-state index in [1.807, 2.05) is 69.5 Å². The number of hydrogen-bond donors (Lipinski definition) is 0. The molecule has 0 heterocycles. The van der Waals surface area contributed by atoms with Gasteiger partial charge in [-0.25, -0.2) is 0 Å². The third kappa shape index (κ3) is 35.9. The lowest BCUT2D eigenvalue weighted by Crippen LogP contribution is -2.40. The zero-order valence-electron chi connectivity index (χ0n) is 52.9. The average molecular weight is 1140 g/mol. The van der Waals surface area contributed by atoms with Crippen molar-refractivity contribution in [1.82, 2.24) is 9.80 Å². The monoisotopic (exact) mass is 1140 g/mol. The van der Waals surface area contributed by atoms with E-state index >= 15 is 0 Å². The summed E-state index contributed by atoms with van der Waals surface area (Å²) in [5.74, 6) is -2.43. The smallest absolute Gasteiger partial charge is 0.311 e. The molecule has 0 aliphatic rings. The molecule has 462 valence electrons. The van der Waals surface area contributed by atoms with E-state index in [4.69, 9.17) is 28.4 Å². The number of esters is 6. The lowest BCUT2D eigenvalue weighted by molar-refractivity contribution is -0.170. The molecule has 0 N–H and O–H groups in total. The fourth-order valence-corrected chi connectivity index (χ4v) is 9.48. The summed E-state index contributed by atoms with van der Waals surface area (Å²) in [7, 11) is 3.95. The van der Waals surface area contributed by atoms with E-state index in [1.54, 1.807) is 11.8 Å². The van der Waals surface area contributed by atoms with E-state index in [-0.39, 0.29) is 101 Å². The average Bonchev–Trinajstić information content (AvgIpc) is 3.39. The summed E-state index contributed by atoms with van der Waals surface area (Å²) >= 11 is 1.20. The first-order chi connectivity index (χ1) is 37.1. The topological polar surface area (TPSA) is 181 Å². The Morgan fingerprint density at radius 1 is 0.392 bits per heavy atom. The zero-order chi connectivity index (χ0) is 60.0. The van der Waals surface area contributed by atoms with Crippen molar-refractivity contribution in [2.45, 2.75) is 251 Å². The van der Waals surface area contributed by atoms with Gasteiger partial charge in [0, 0.05) is 31.7 Å². The number of thioether (sulfide) groups is 1. The van der Waals surface area contributed by atoms with E-state index in [2.05, 4.69) is 32.6 Å². The number of carbonyl (C=O) groups is 7. The Morgan fingerprint density at radius 3 is 1.08 bits per heavy atom. The Hall–Kier alpha value is -3.40. The minimum Gasteiger partial charge on any atom is -0.465 e. The quantitative estimate of drug-likeness (QED) is 0.0318. The number of unbranched alkanes of at least 4 members (excludes halogenated alkanes) is 12. The number of hydrogen-bond acceptors (Lipinski definition) is 15. The number of carbonyl (C=O) groups excluding carboxylic acids is 7. The van der Waals surface area contributed by atoms with Crippen LogP contribution in [0, 0.1) is 33.0 Å². The predicted molar refractivity (Wildman–Crippen MR) is 319 cm³/mol. The molecule has 0 atom stereocenters. The molecule has 0 unspecified atom stereocenters. The number of nitrogens with zero attached hydrogens (tertiary/aromatic N) is 2. The fourth-order valence-electron chi connectivity index (χ4n) is 8.66. The Labute approximate surface area is 485 Å². The number of ether oxygens (including phenoxy) is 6. The molecule has 0 radical (unpaired) electrons. The summed E-state index contributed by atoms with van der Waals surface area (Å²) < 4.78 is 34.9. The largest absolute Gasteiger partial charge is 0.465 e. The summed E-state index contributed by atoms with van der Waals surface area (Å²) in [6.07, 6.45) is 20.6. The maximum Gasteiger partial charge on any atom is 0.311 e. The van der Waals surface area contributed by atoms with Crippen molar-refractivity contribution in [3.63, 3.8) is 0 Å². The highest BCUT2D eigenvalue weighted by atomic mass is 32.2. The fraction of sp³-hybridized carbons (Fsp3) is 0.889. The minimum absolute atomic E-state index is 0.00119. The first-order valence-corrected chi connectivity index (χ1v) is 31.7. The molecule has 0 bridgehead atoms. The molecule has 0 rings (SSSR count). The third-order valence-corrected chi connectivity index (χ3v) is 15.7. The highest BCUT2D eigenvalue weighted by Gasteiger charge is 2.37. The highest BCUT2D eigenvalue weighted by Crippen LogP contribution is 2.32. The van der Waals surface area contributed by atoms with Gasteiger partial charge in [0.2, 0.25) is 0 Å². The SMILES string of the molecule is CCCCCCC(C)(C)C(=O)OCC(COC(=O)CCCN(CCCC(=O)OCC(C)(COC(=O)C(C)(C)CCCCCC)COC(=O)C(C)(C)CCCCCC)C(=O)SCCCN(C)C)COC(=O)C(C)(C)CCCCCC. The molecule has 0 aromatic heterocycles. The van der Waals surface area contributed by atoms with E-state index < -0.39 is 44.9 Å². The van der Waals surface area contributed by atoms with E-state index in [9.17, 15) is 33.6 Å². The van der Waals surface area contributed by atoms with Crippen LogP contribution in [0.25, 0.3) is 0 Å². The Kier molecular flexibility index (Phi) is 39.8. The van der Waals surface area contributed by atoms with E-state index in [1.165, 1.54) is 11.8 Å². The first-order valence-electron chi connectivity index (χ1n) is 30.7. The lowest BCUT2D eigenvalue weighted by atomic mass is 9.86. The zero-order valence-corrected chi connectivity index (χ0v) is 53.8. The Morgan fingerprint density at radius 2 is 0.722 bits per heavy atom. The normalized spacial score (nSPS) is 12.4. The number of rotatable bonds is 48. The predicted octanol–water partition coefficient (Wildman–Crippen LogP) is 14.5. The van der Waals surface area contributed by atoms with Gasteiger partial charge in [0.15, 0.2) is 0 Å². The lowest BCUT2D eigenvalue weighted by Gasteiger charge is -2.32. The van der Waals surface area contributed by atoms with Crippen LogP contribution < -0.4 is 0 Å². The van der Waals surface area contributed by atoms with Crippen LogP contribution in [0.4, 0.5) is 4.79 Å². The van der Waals surface area contributed by atoms with Crippen molar-refractivity contribution in [3.05, 3.63) is 0 Å². The molecule has 0 aromatic rings. The second kappa shape index (κ2) is 41.6. The minimum atomic E-state index is -1.03. The van der Waals surface area contributed by atoms with Gasteiger partial charge in [-0.3, -0.25) is 33.6 Å². The van der Waals surface area contributed by atoms with Crippen molar-refractivity contribution in [2.24, 2.45) is 33.0 Å². The maximum absolute atomic E-state index is 13.6. The second-order valence-electron chi connectivity index (χ2n) is 25.6. The van der Waals surface area contributed by atoms with Gasteiger partial charge in [-0.1, -0.05) is 142 Å². The third-order valence-electron chi connectivity index (χ3n) is 14.7. The van der Waals surface area contributed by atoms with Crippen LogP contribution >= 0.6 is 11.8 Å². The second-order valence-corrected chi connectivity index (χ2v) is 26.7. The molecule has 0 aliphatic carbocycles. The molecule has 16 heteroatoms. The van der Waals surface area contributed by atoms with Gasteiger partial charge in [-0.2, -0.15) is 0 Å². The van der Waals surface area contributed by atoms with Crippen LogP contribution in [0.2, 0.25) is 0 Å². The van der Waals surface area contributed by atoms with Gasteiger partial charge in [0.1, 0.15) is 39.6 Å². The van der Waals surface area contributed by atoms with Gasteiger partial charge in [0.05, 0.1) is 33.0 Å². The van der Waals surface area contributed by atoms with Crippen LogP contribution in [0.1, 0.15) is 251 Å². The van der Waals surface area contributed by atoms with Crippen molar-refractivity contribution >= 4 is 52.8 Å². The molecule has 0 saturated carbocycles. The summed E-state index contributed by atoms with van der Waals surface area (Å²) in [5.41, 5.74) is -3.87. The standard InChI is InChI=1S/C63H116N2O13S/c1-16-20-24-28-37-59(5,6)54(68)74-46-51(47-75-55(69)60(7,8)38-29-25-21-17-2)45-73-52(66)35-32-42-65(58(72)79-44-34-41-64(14)15)43-33-36-53(67)76-48-63(13,49-77-56(70)61(9,10)39-30-26-22-18-3)50-78-57(71)62(11,12)40-31-27-23-19-4/h51H,16-50H2,1-15H3. The molecule has 79 heavy (non-hydrogen) atoms. The summed E-state index contributed by atoms with van der Waals surface area (Å²) in [6, 6.07) is 0. The Balaban J connectivity index is 5.97. The van der Waals surface area contributed by atoms with Gasteiger partial charge in [0.25, 0.3) is 5.24 Å². The molecule has 15 nitrogen and oxygen atoms in total. The number of amides is 1. The van der Waals surface area contributed by atoms with Crippen LogP contribution in [-0.4, -0.2) is 130 Å². The van der Waals surface area contributed by atoms with Crippen LogP contribution in [0.5, 0.6) is 0 Å². The molecule has 1 amide bonds. The molecule has 0 aliphatic heterocycles. The van der Waals surface area contributed by atoms with Crippen molar-refractivity contribution < 1.29 is 62.0 Å². The van der Waals surface area contributed by atoms with Crippen molar-refractivity contribution in [1.29, 1.82) is 0 Å². The highest BCUT2D eigenvalue weighted by molar-refractivity contribution is 8.13. The molecule has 0 fully saturated rings. The van der Waals surface area contributed by atoms with E-state index in [0.717, 1.165) is 116 Å². The Bertz CT molecular complexity index is 1650. The van der Waals surface area contributed by atoms with Crippen molar-refractivity contribution in [3.8, 4) is 0 Å². The van der Waals surface area contributed by atoms with Gasteiger partial charge in [-0.05, 0) is 128 Å². The molecular weight excluding hydrogens is 1020 g/mol. The molecule has 0 aromatic carbocycles. The van der Waals surface area contributed by atoms with Crippen LogP contribution in [0.15, 0.2) is 0 Å². The van der Waals surface area contributed by atoms with Crippen LogP contribution in [0.3, 0.4) is 0 Å². The van der Waals surface area contributed by atoms with Gasteiger partial charge < -0.3 is 38.2 Å². The molecule has 0 spiro atoms. The maximum atomic E-state index is 13.6. The molecule has 0 saturated heterocycles. The van der Waals surface area contributed by atoms with Gasteiger partial charge >= 0.3 is 35.8 Å². The van der Waals surface area contributed by atoms with E-state index in [0.29, 0.717) is 37.9 Å². The first kappa shape index (κ1) is 75.6. The summed E-state index contributed by atoms with van der Waals surface area (Å²) in [4.78, 5) is 97.4.